The zero-order valence-electron chi connectivity index (χ0n) is 11.1. The molecular weight excluding hydrogens is 255 g/mol. The standard InChI is InChI=1S/C13H17FO5/c1-16-12(15)7-9-4-5-11(10(14)6-9)19-8-13(17-2)18-3/h4-6,13H,7-8H2,1-3H3. The normalized spacial score (nSPS) is 10.6. The van der Waals surface area contributed by atoms with Crippen LogP contribution in [0.2, 0.25) is 0 Å². The van der Waals surface area contributed by atoms with Gasteiger partial charge in [0.25, 0.3) is 0 Å². The van der Waals surface area contributed by atoms with Crippen LogP contribution in [-0.2, 0) is 25.4 Å². The average Bonchev–Trinajstić information content (AvgIpc) is 2.41. The Morgan fingerprint density at radius 1 is 1.26 bits per heavy atom. The number of carbonyl (C=O) groups is 1. The van der Waals surface area contributed by atoms with Crippen LogP contribution >= 0.6 is 0 Å². The van der Waals surface area contributed by atoms with Gasteiger partial charge in [-0.25, -0.2) is 4.39 Å². The molecule has 0 saturated heterocycles. The maximum absolute atomic E-state index is 13.7. The van der Waals surface area contributed by atoms with Gasteiger partial charge in [-0.05, 0) is 17.7 Å². The van der Waals surface area contributed by atoms with Crippen LogP contribution in [0, 0.1) is 5.82 Å². The van der Waals surface area contributed by atoms with E-state index in [0.717, 1.165) is 0 Å². The van der Waals surface area contributed by atoms with Gasteiger partial charge in [-0.15, -0.1) is 0 Å². The van der Waals surface area contributed by atoms with Crippen LogP contribution in [0.25, 0.3) is 0 Å². The van der Waals surface area contributed by atoms with E-state index in [-0.39, 0.29) is 18.8 Å². The lowest BCUT2D eigenvalue weighted by atomic mass is 10.1. The lowest BCUT2D eigenvalue weighted by Crippen LogP contribution is -2.22. The van der Waals surface area contributed by atoms with E-state index in [0.29, 0.717) is 5.56 Å². The number of methoxy groups -OCH3 is 3. The highest BCUT2D eigenvalue weighted by atomic mass is 19.1. The molecule has 0 radical (unpaired) electrons. The van der Waals surface area contributed by atoms with Gasteiger partial charge in [0.15, 0.2) is 17.9 Å². The SMILES string of the molecule is COC(=O)Cc1ccc(OCC(OC)OC)c(F)c1. The fraction of sp³-hybridized carbons (Fsp3) is 0.462. The molecule has 5 nitrogen and oxygen atoms in total. The van der Waals surface area contributed by atoms with Crippen molar-refractivity contribution in [2.45, 2.75) is 12.7 Å². The largest absolute Gasteiger partial charge is 0.485 e. The highest BCUT2D eigenvalue weighted by Crippen LogP contribution is 2.19. The van der Waals surface area contributed by atoms with Crippen molar-refractivity contribution in [1.29, 1.82) is 0 Å². The van der Waals surface area contributed by atoms with Crippen molar-refractivity contribution in [2.75, 3.05) is 27.9 Å². The fourth-order valence-corrected chi connectivity index (χ4v) is 1.40. The maximum atomic E-state index is 13.7. The summed E-state index contributed by atoms with van der Waals surface area (Å²) in [6.45, 7) is 0.0697. The van der Waals surface area contributed by atoms with Crippen molar-refractivity contribution >= 4 is 5.97 Å². The number of halogens is 1. The van der Waals surface area contributed by atoms with Gasteiger partial charge in [-0.3, -0.25) is 4.79 Å². The molecule has 0 fully saturated rings. The van der Waals surface area contributed by atoms with Crippen LogP contribution in [-0.4, -0.2) is 40.2 Å². The second-order valence-electron chi connectivity index (χ2n) is 3.73. The number of benzene rings is 1. The molecule has 0 aromatic heterocycles. The van der Waals surface area contributed by atoms with Gasteiger partial charge in [-0.2, -0.15) is 0 Å². The smallest absolute Gasteiger partial charge is 0.309 e. The number of hydrogen-bond acceptors (Lipinski definition) is 5. The summed E-state index contributed by atoms with van der Waals surface area (Å²) in [7, 11) is 4.21. The van der Waals surface area contributed by atoms with Gasteiger partial charge in [0.05, 0.1) is 13.5 Å². The molecule has 0 bridgehead atoms. The molecule has 1 aromatic carbocycles. The van der Waals surface area contributed by atoms with Gasteiger partial charge in [-0.1, -0.05) is 6.07 Å². The second kappa shape index (κ2) is 7.70. The lowest BCUT2D eigenvalue weighted by Gasteiger charge is -2.15. The molecule has 6 heteroatoms. The molecule has 0 amide bonds. The van der Waals surface area contributed by atoms with E-state index in [1.807, 2.05) is 0 Å². The number of esters is 1. The third-order valence-corrected chi connectivity index (χ3v) is 2.47. The van der Waals surface area contributed by atoms with Gasteiger partial charge in [0.2, 0.25) is 0 Å². The monoisotopic (exact) mass is 272 g/mol. The van der Waals surface area contributed by atoms with E-state index in [2.05, 4.69) is 4.74 Å². The summed E-state index contributed by atoms with van der Waals surface area (Å²) in [5, 5.41) is 0. The second-order valence-corrected chi connectivity index (χ2v) is 3.73. The fourth-order valence-electron chi connectivity index (χ4n) is 1.40. The van der Waals surface area contributed by atoms with E-state index in [1.165, 1.54) is 33.5 Å². The van der Waals surface area contributed by atoms with Crippen molar-refractivity contribution in [1.82, 2.24) is 0 Å². The first-order chi connectivity index (χ1) is 9.10. The minimum Gasteiger partial charge on any atom is -0.485 e. The first-order valence-electron chi connectivity index (χ1n) is 5.64. The maximum Gasteiger partial charge on any atom is 0.309 e. The van der Waals surface area contributed by atoms with Crippen molar-refractivity contribution < 1.29 is 28.1 Å². The zero-order chi connectivity index (χ0) is 14.3. The molecule has 0 aliphatic rings. The van der Waals surface area contributed by atoms with Crippen LogP contribution in [0.1, 0.15) is 5.56 Å². The van der Waals surface area contributed by atoms with E-state index in [9.17, 15) is 9.18 Å². The molecule has 106 valence electrons. The predicted octanol–water partition coefficient (Wildman–Crippen LogP) is 1.54. The summed E-state index contributed by atoms with van der Waals surface area (Å²) in [5.74, 6) is -0.896. The summed E-state index contributed by atoms with van der Waals surface area (Å²) in [5.41, 5.74) is 0.520. The first-order valence-corrected chi connectivity index (χ1v) is 5.64. The summed E-state index contributed by atoms with van der Waals surface area (Å²) in [6, 6.07) is 4.29. The Morgan fingerprint density at radius 2 is 1.95 bits per heavy atom. The Hall–Kier alpha value is -1.66. The third-order valence-electron chi connectivity index (χ3n) is 2.47. The molecule has 1 rings (SSSR count). The van der Waals surface area contributed by atoms with Gasteiger partial charge >= 0.3 is 5.97 Å². The van der Waals surface area contributed by atoms with E-state index in [4.69, 9.17) is 14.2 Å². The van der Waals surface area contributed by atoms with E-state index >= 15 is 0 Å². The Labute approximate surface area is 111 Å². The molecule has 0 unspecified atom stereocenters. The zero-order valence-corrected chi connectivity index (χ0v) is 11.1. The summed E-state index contributed by atoms with van der Waals surface area (Å²) >= 11 is 0. The quantitative estimate of drug-likeness (QED) is 0.556. The Bertz CT molecular complexity index is 417. The Balaban J connectivity index is 2.64. The Kier molecular flexibility index (Phi) is 6.24. The van der Waals surface area contributed by atoms with Crippen LogP contribution in [0.15, 0.2) is 18.2 Å². The van der Waals surface area contributed by atoms with Crippen LogP contribution in [0.4, 0.5) is 4.39 Å². The number of carbonyl (C=O) groups excluding carboxylic acids is 1. The molecule has 19 heavy (non-hydrogen) atoms. The van der Waals surface area contributed by atoms with Crippen molar-refractivity contribution in [3.05, 3.63) is 29.6 Å². The number of rotatable bonds is 7. The van der Waals surface area contributed by atoms with Crippen LogP contribution in [0.5, 0.6) is 5.75 Å². The summed E-state index contributed by atoms with van der Waals surface area (Å²) in [4.78, 5) is 11.1. The van der Waals surface area contributed by atoms with Crippen molar-refractivity contribution in [3.8, 4) is 5.75 Å². The third kappa shape index (κ3) is 4.84. The predicted molar refractivity (Wildman–Crippen MR) is 65.4 cm³/mol. The van der Waals surface area contributed by atoms with Crippen LogP contribution in [0.3, 0.4) is 0 Å². The van der Waals surface area contributed by atoms with Gasteiger partial charge < -0.3 is 18.9 Å². The molecule has 0 N–H and O–H groups in total. The van der Waals surface area contributed by atoms with Crippen molar-refractivity contribution in [2.24, 2.45) is 0 Å². The van der Waals surface area contributed by atoms with Crippen LogP contribution < -0.4 is 4.74 Å². The number of hydrogen-bond donors (Lipinski definition) is 0. The highest BCUT2D eigenvalue weighted by Gasteiger charge is 2.11. The minimum absolute atomic E-state index is 0.0203. The Morgan fingerprint density at radius 3 is 2.47 bits per heavy atom. The molecule has 0 aliphatic carbocycles. The summed E-state index contributed by atoms with van der Waals surface area (Å²) < 4.78 is 33.3. The molecule has 0 spiro atoms. The molecule has 0 aliphatic heterocycles. The van der Waals surface area contributed by atoms with E-state index < -0.39 is 18.1 Å². The molecule has 0 saturated carbocycles. The molecule has 0 heterocycles. The number of ether oxygens (including phenoxy) is 4. The molecule has 1 aromatic rings. The van der Waals surface area contributed by atoms with E-state index in [1.54, 1.807) is 6.07 Å². The average molecular weight is 272 g/mol. The van der Waals surface area contributed by atoms with Gasteiger partial charge in [0, 0.05) is 14.2 Å². The molecular formula is C13H17FO5. The van der Waals surface area contributed by atoms with Crippen molar-refractivity contribution in [3.63, 3.8) is 0 Å². The summed E-state index contributed by atoms with van der Waals surface area (Å²) in [6.07, 6.45) is -0.541. The molecule has 0 atom stereocenters. The minimum atomic E-state index is -0.561. The topological polar surface area (TPSA) is 54.0 Å². The highest BCUT2D eigenvalue weighted by molar-refractivity contribution is 5.72. The lowest BCUT2D eigenvalue weighted by molar-refractivity contribution is -0.139. The van der Waals surface area contributed by atoms with Gasteiger partial charge in [0.1, 0.15) is 6.61 Å². The first kappa shape index (κ1) is 15.4.